The molecular weight excluding hydrogens is 401 g/mol. The molecule has 0 aliphatic carbocycles. The van der Waals surface area contributed by atoms with E-state index in [0.717, 1.165) is 31.4 Å². The van der Waals surface area contributed by atoms with E-state index < -0.39 is 17.9 Å². The number of alkyl halides is 3. The topological polar surface area (TPSA) is 32.3 Å². The second kappa shape index (κ2) is 8.46. The number of anilines is 2. The van der Waals surface area contributed by atoms with Crippen LogP contribution in [0.3, 0.4) is 0 Å². The van der Waals surface area contributed by atoms with Crippen molar-refractivity contribution in [2.24, 2.45) is 0 Å². The lowest BCUT2D eigenvalue weighted by Gasteiger charge is -2.38. The Labute approximate surface area is 179 Å². The van der Waals surface area contributed by atoms with E-state index in [9.17, 15) is 18.0 Å². The van der Waals surface area contributed by atoms with Gasteiger partial charge in [0.05, 0.1) is 11.1 Å². The predicted octanol–water partition coefficient (Wildman–Crippen LogP) is 6.82. The summed E-state index contributed by atoms with van der Waals surface area (Å²) in [5, 5.41) is 3.26. The lowest BCUT2D eigenvalue weighted by molar-refractivity contribution is -0.137. The summed E-state index contributed by atoms with van der Waals surface area (Å²) in [5.41, 5.74) is 2.51. The number of fused-ring (bicyclic) bond motifs is 1. The van der Waals surface area contributed by atoms with Crippen LogP contribution in [0.5, 0.6) is 0 Å². The highest BCUT2D eigenvalue weighted by Crippen LogP contribution is 2.38. The predicted molar refractivity (Wildman–Crippen MR) is 116 cm³/mol. The largest absolute Gasteiger partial charge is 0.416 e. The van der Waals surface area contributed by atoms with Crippen LogP contribution in [0.1, 0.15) is 53.0 Å². The zero-order valence-electron chi connectivity index (χ0n) is 17.1. The molecule has 4 rings (SSSR count). The molecule has 160 valence electrons. The summed E-state index contributed by atoms with van der Waals surface area (Å²) in [7, 11) is 0. The van der Waals surface area contributed by atoms with Gasteiger partial charge in [-0.2, -0.15) is 13.2 Å². The van der Waals surface area contributed by atoms with Crippen molar-refractivity contribution in [2.45, 2.75) is 38.5 Å². The molecule has 0 spiro atoms. The second-order valence-electron chi connectivity index (χ2n) is 7.66. The van der Waals surface area contributed by atoms with Gasteiger partial charge in [-0.05, 0) is 60.4 Å². The van der Waals surface area contributed by atoms with Crippen molar-refractivity contribution in [1.29, 1.82) is 0 Å². The number of carbonyl (C=O) groups is 1. The summed E-state index contributed by atoms with van der Waals surface area (Å²) in [6, 6.07) is 19.8. The number of amides is 1. The minimum atomic E-state index is -4.46. The molecule has 1 aliphatic heterocycles. The zero-order valence-corrected chi connectivity index (χ0v) is 17.1. The van der Waals surface area contributed by atoms with E-state index in [-0.39, 0.29) is 5.91 Å². The summed E-state index contributed by atoms with van der Waals surface area (Å²) in [4.78, 5) is 14.9. The van der Waals surface area contributed by atoms with Crippen molar-refractivity contribution in [3.63, 3.8) is 0 Å². The molecule has 1 heterocycles. The van der Waals surface area contributed by atoms with Crippen LogP contribution >= 0.6 is 0 Å². The number of para-hydroxylation sites is 1. The number of hydrogen-bond donors (Lipinski definition) is 1. The number of rotatable bonds is 5. The maximum Gasteiger partial charge on any atom is 0.416 e. The number of nitrogens with one attached hydrogen (secondary N) is 1. The van der Waals surface area contributed by atoms with E-state index in [1.54, 1.807) is 30.3 Å². The summed E-state index contributed by atoms with van der Waals surface area (Å²) in [6.45, 7) is 2.13. The quantitative estimate of drug-likeness (QED) is 0.487. The maximum absolute atomic E-state index is 13.4. The van der Waals surface area contributed by atoms with Crippen molar-refractivity contribution in [2.75, 3.05) is 10.2 Å². The molecule has 31 heavy (non-hydrogen) atoms. The number of hydrogen-bond acceptors (Lipinski definition) is 2. The number of aryl methyl sites for hydroxylation is 1. The number of nitrogens with zero attached hydrogens (tertiary/aromatic N) is 1. The van der Waals surface area contributed by atoms with Crippen LogP contribution in [0.4, 0.5) is 24.5 Å². The molecule has 0 aromatic heterocycles. The van der Waals surface area contributed by atoms with Gasteiger partial charge in [-0.3, -0.25) is 9.69 Å². The van der Waals surface area contributed by atoms with Gasteiger partial charge in [0.2, 0.25) is 0 Å². The first kappa shape index (κ1) is 21.0. The smallest absolute Gasteiger partial charge is 0.360 e. The van der Waals surface area contributed by atoms with Crippen LogP contribution in [0.2, 0.25) is 0 Å². The van der Waals surface area contributed by atoms with Crippen molar-refractivity contribution in [1.82, 2.24) is 0 Å². The molecule has 0 saturated carbocycles. The van der Waals surface area contributed by atoms with Gasteiger partial charge >= 0.3 is 6.18 Å². The molecular formula is C25H23F3N2O. The van der Waals surface area contributed by atoms with Crippen LogP contribution in [0, 0.1) is 0 Å². The van der Waals surface area contributed by atoms with Crippen molar-refractivity contribution >= 4 is 17.3 Å². The monoisotopic (exact) mass is 424 g/mol. The average Bonchev–Trinajstić information content (AvgIpc) is 2.78. The van der Waals surface area contributed by atoms with Gasteiger partial charge < -0.3 is 5.32 Å². The molecule has 3 nitrogen and oxygen atoms in total. The van der Waals surface area contributed by atoms with Crippen LogP contribution in [0.25, 0.3) is 0 Å². The SMILES string of the molecule is CCCCc1ccc(N2C(=O)c3ccccc3NC2c2cccc(C(F)(F)F)c2)cc1. The van der Waals surface area contributed by atoms with E-state index in [1.165, 1.54) is 16.5 Å². The summed E-state index contributed by atoms with van der Waals surface area (Å²) in [6.07, 6.45) is -2.11. The Bertz CT molecular complexity index is 1080. The van der Waals surface area contributed by atoms with Crippen LogP contribution in [0.15, 0.2) is 72.8 Å². The lowest BCUT2D eigenvalue weighted by Crippen LogP contribution is -2.43. The Balaban J connectivity index is 1.77. The van der Waals surface area contributed by atoms with E-state index in [4.69, 9.17) is 0 Å². The van der Waals surface area contributed by atoms with Gasteiger partial charge in [0.1, 0.15) is 6.17 Å². The molecule has 3 aromatic rings. The molecule has 0 radical (unpaired) electrons. The highest BCUT2D eigenvalue weighted by Gasteiger charge is 2.36. The molecule has 1 amide bonds. The Kier molecular flexibility index (Phi) is 5.72. The van der Waals surface area contributed by atoms with Crippen molar-refractivity contribution in [3.8, 4) is 0 Å². The van der Waals surface area contributed by atoms with E-state index >= 15 is 0 Å². The van der Waals surface area contributed by atoms with Gasteiger partial charge in [0, 0.05) is 11.4 Å². The average molecular weight is 424 g/mol. The molecule has 1 aliphatic rings. The number of carbonyl (C=O) groups excluding carboxylic acids is 1. The Morgan fingerprint density at radius 1 is 0.968 bits per heavy atom. The molecule has 1 N–H and O–H groups in total. The third-order valence-electron chi connectivity index (χ3n) is 5.49. The first-order chi connectivity index (χ1) is 14.9. The van der Waals surface area contributed by atoms with Gasteiger partial charge in [-0.15, -0.1) is 0 Å². The number of halogens is 3. The number of unbranched alkanes of at least 4 members (excludes halogenated alkanes) is 1. The van der Waals surface area contributed by atoms with Crippen LogP contribution < -0.4 is 10.2 Å². The number of benzene rings is 3. The molecule has 3 aromatic carbocycles. The Morgan fingerprint density at radius 3 is 2.42 bits per heavy atom. The third-order valence-corrected chi connectivity index (χ3v) is 5.49. The second-order valence-corrected chi connectivity index (χ2v) is 7.66. The van der Waals surface area contributed by atoms with E-state index in [0.29, 0.717) is 22.5 Å². The van der Waals surface area contributed by atoms with Gasteiger partial charge in [0.25, 0.3) is 5.91 Å². The molecule has 0 saturated heterocycles. The Morgan fingerprint density at radius 2 is 1.71 bits per heavy atom. The molecule has 0 fully saturated rings. The van der Waals surface area contributed by atoms with Crippen molar-refractivity contribution < 1.29 is 18.0 Å². The van der Waals surface area contributed by atoms with E-state index in [2.05, 4.69) is 12.2 Å². The summed E-state index contributed by atoms with van der Waals surface area (Å²) in [5.74, 6) is -0.252. The Hall–Kier alpha value is -3.28. The highest BCUT2D eigenvalue weighted by molar-refractivity contribution is 6.12. The summed E-state index contributed by atoms with van der Waals surface area (Å²) >= 11 is 0. The lowest BCUT2D eigenvalue weighted by atomic mass is 10.0. The molecule has 1 atom stereocenters. The van der Waals surface area contributed by atoms with Gasteiger partial charge in [0.15, 0.2) is 0 Å². The molecule has 1 unspecified atom stereocenters. The fourth-order valence-electron chi connectivity index (χ4n) is 3.84. The minimum Gasteiger partial charge on any atom is -0.360 e. The van der Waals surface area contributed by atoms with Crippen LogP contribution in [-0.2, 0) is 12.6 Å². The minimum absolute atomic E-state index is 0.252. The van der Waals surface area contributed by atoms with Crippen LogP contribution in [-0.4, -0.2) is 5.91 Å². The first-order valence-electron chi connectivity index (χ1n) is 10.3. The summed E-state index contributed by atoms with van der Waals surface area (Å²) < 4.78 is 39.9. The molecule has 6 heteroatoms. The fourth-order valence-corrected chi connectivity index (χ4v) is 3.84. The van der Waals surface area contributed by atoms with E-state index in [1.807, 2.05) is 24.3 Å². The molecule has 0 bridgehead atoms. The fraction of sp³-hybridized carbons (Fsp3) is 0.240. The normalized spacial score (nSPS) is 16.1. The maximum atomic E-state index is 13.4. The highest BCUT2D eigenvalue weighted by atomic mass is 19.4. The first-order valence-corrected chi connectivity index (χ1v) is 10.3. The van der Waals surface area contributed by atoms with Gasteiger partial charge in [-0.25, -0.2) is 0 Å². The van der Waals surface area contributed by atoms with Gasteiger partial charge in [-0.1, -0.05) is 49.7 Å². The van der Waals surface area contributed by atoms with Crippen molar-refractivity contribution in [3.05, 3.63) is 95.1 Å². The third kappa shape index (κ3) is 4.29. The zero-order chi connectivity index (χ0) is 22.0. The standard InChI is InChI=1S/C25H23F3N2O/c1-2-3-7-17-12-14-20(15-13-17)30-23(18-8-6-9-19(16-18)25(26,27)28)29-22-11-5-4-10-21(22)24(30)31/h4-6,8-16,23,29H,2-3,7H2,1H3.